The molecule has 0 bridgehead atoms. The Kier molecular flexibility index (Phi) is 6.19. The van der Waals surface area contributed by atoms with Crippen molar-refractivity contribution in [3.8, 4) is 11.5 Å². The predicted molar refractivity (Wildman–Crippen MR) is 90.9 cm³/mol. The number of carbonyl (C=O) groups is 1. The van der Waals surface area contributed by atoms with Gasteiger partial charge in [0, 0.05) is 39.1 Å². The lowest BCUT2D eigenvalue weighted by molar-refractivity contribution is -0.132. The number of nitrogens with one attached hydrogen (secondary N) is 1. The fourth-order valence-electron chi connectivity index (χ4n) is 2.91. The topological polar surface area (TPSA) is 50.8 Å². The number of hydrogen-bond acceptors (Lipinski definition) is 5. The van der Waals surface area contributed by atoms with Gasteiger partial charge in [-0.25, -0.2) is 0 Å². The van der Waals surface area contributed by atoms with Crippen LogP contribution >= 0.6 is 0 Å². The third kappa shape index (κ3) is 4.81. The van der Waals surface area contributed by atoms with E-state index < -0.39 is 0 Å². The Morgan fingerprint density at radius 2 is 2.00 bits per heavy atom. The van der Waals surface area contributed by atoms with Crippen LogP contribution in [0.25, 0.3) is 0 Å². The molecule has 1 aromatic carbocycles. The molecule has 0 saturated carbocycles. The zero-order valence-electron chi connectivity index (χ0n) is 14.2. The standard InChI is InChI=1S/C18H26N2O3/c1-13(2)11-16(20-9-7-19-8-10-20)15-5-6-17(23-14(3)21)18(12-15)22-4/h5-6,12,16,19H,1,7-11H2,2-4H3/t16-/m0/s1. The van der Waals surface area contributed by atoms with Crippen LogP contribution in [0.4, 0.5) is 0 Å². The summed E-state index contributed by atoms with van der Waals surface area (Å²) in [5.41, 5.74) is 2.30. The fraction of sp³-hybridized carbons (Fsp3) is 0.500. The highest BCUT2D eigenvalue weighted by Crippen LogP contribution is 2.34. The van der Waals surface area contributed by atoms with Crippen molar-refractivity contribution in [1.82, 2.24) is 10.2 Å². The normalized spacial score (nSPS) is 16.7. The largest absolute Gasteiger partial charge is 0.493 e. The van der Waals surface area contributed by atoms with Gasteiger partial charge >= 0.3 is 5.97 Å². The molecule has 1 atom stereocenters. The van der Waals surface area contributed by atoms with E-state index in [2.05, 4.69) is 23.7 Å². The van der Waals surface area contributed by atoms with Crippen LogP contribution in [0.5, 0.6) is 11.5 Å². The van der Waals surface area contributed by atoms with Crippen molar-refractivity contribution in [1.29, 1.82) is 0 Å². The van der Waals surface area contributed by atoms with E-state index in [0.29, 0.717) is 11.5 Å². The molecule has 0 aliphatic carbocycles. The Morgan fingerprint density at radius 1 is 1.30 bits per heavy atom. The second-order valence-corrected chi connectivity index (χ2v) is 5.97. The minimum Gasteiger partial charge on any atom is -0.493 e. The average Bonchev–Trinajstić information content (AvgIpc) is 2.53. The lowest BCUT2D eigenvalue weighted by Gasteiger charge is -2.35. The fourth-order valence-corrected chi connectivity index (χ4v) is 2.91. The molecule has 0 amide bonds. The average molecular weight is 318 g/mol. The molecule has 23 heavy (non-hydrogen) atoms. The lowest BCUT2D eigenvalue weighted by Crippen LogP contribution is -2.45. The van der Waals surface area contributed by atoms with E-state index >= 15 is 0 Å². The summed E-state index contributed by atoms with van der Waals surface area (Å²) in [6.07, 6.45) is 0.899. The van der Waals surface area contributed by atoms with Crippen LogP contribution in [0, 0.1) is 0 Å². The van der Waals surface area contributed by atoms with Crippen molar-refractivity contribution in [3.63, 3.8) is 0 Å². The molecule has 1 aliphatic rings. The lowest BCUT2D eigenvalue weighted by atomic mass is 9.97. The summed E-state index contributed by atoms with van der Waals surface area (Å²) in [6, 6.07) is 6.04. The Balaban J connectivity index is 2.29. The van der Waals surface area contributed by atoms with Crippen molar-refractivity contribution < 1.29 is 14.3 Å². The molecule has 0 unspecified atom stereocenters. The maximum absolute atomic E-state index is 11.2. The number of hydrogen-bond donors (Lipinski definition) is 1. The first-order valence-corrected chi connectivity index (χ1v) is 7.96. The van der Waals surface area contributed by atoms with Crippen LogP contribution in [0.3, 0.4) is 0 Å². The van der Waals surface area contributed by atoms with Crippen LogP contribution in [-0.2, 0) is 4.79 Å². The maximum atomic E-state index is 11.2. The molecule has 1 saturated heterocycles. The maximum Gasteiger partial charge on any atom is 0.308 e. The molecule has 0 spiro atoms. The van der Waals surface area contributed by atoms with Crippen molar-refractivity contribution in [3.05, 3.63) is 35.9 Å². The Bertz CT molecular complexity index is 565. The van der Waals surface area contributed by atoms with Gasteiger partial charge in [-0.1, -0.05) is 11.6 Å². The molecule has 5 nitrogen and oxygen atoms in total. The number of nitrogens with zero attached hydrogens (tertiary/aromatic N) is 1. The van der Waals surface area contributed by atoms with Crippen LogP contribution in [0.1, 0.15) is 31.9 Å². The van der Waals surface area contributed by atoms with E-state index in [-0.39, 0.29) is 12.0 Å². The van der Waals surface area contributed by atoms with Gasteiger partial charge in [-0.3, -0.25) is 9.69 Å². The molecule has 0 radical (unpaired) electrons. The monoisotopic (exact) mass is 318 g/mol. The zero-order valence-corrected chi connectivity index (χ0v) is 14.2. The first kappa shape index (κ1) is 17.5. The smallest absolute Gasteiger partial charge is 0.308 e. The second kappa shape index (κ2) is 8.13. The Hall–Kier alpha value is -1.85. The third-order valence-electron chi connectivity index (χ3n) is 3.96. The highest BCUT2D eigenvalue weighted by Gasteiger charge is 2.23. The molecular formula is C18H26N2O3. The van der Waals surface area contributed by atoms with Gasteiger partial charge in [0.1, 0.15) is 0 Å². The van der Waals surface area contributed by atoms with Crippen LogP contribution in [-0.4, -0.2) is 44.2 Å². The predicted octanol–water partition coefficient (Wildman–Crippen LogP) is 2.53. The van der Waals surface area contributed by atoms with Crippen molar-refractivity contribution in [2.45, 2.75) is 26.3 Å². The molecule has 1 heterocycles. The number of rotatable bonds is 6. The van der Waals surface area contributed by atoms with E-state index in [1.54, 1.807) is 7.11 Å². The van der Waals surface area contributed by atoms with Crippen molar-refractivity contribution in [2.75, 3.05) is 33.3 Å². The van der Waals surface area contributed by atoms with Gasteiger partial charge in [0.15, 0.2) is 11.5 Å². The number of carbonyl (C=O) groups excluding carboxylic acids is 1. The second-order valence-electron chi connectivity index (χ2n) is 5.97. The van der Waals surface area contributed by atoms with Gasteiger partial charge in [-0.05, 0) is 31.0 Å². The van der Waals surface area contributed by atoms with Gasteiger partial charge in [0.2, 0.25) is 0 Å². The number of piperazine rings is 1. The van der Waals surface area contributed by atoms with Crippen molar-refractivity contribution in [2.24, 2.45) is 0 Å². The summed E-state index contributed by atoms with van der Waals surface area (Å²) < 4.78 is 10.6. The highest BCUT2D eigenvalue weighted by molar-refractivity contribution is 5.70. The summed E-state index contributed by atoms with van der Waals surface area (Å²) in [7, 11) is 1.59. The summed E-state index contributed by atoms with van der Waals surface area (Å²) in [5, 5.41) is 3.38. The molecular weight excluding hydrogens is 292 g/mol. The van der Waals surface area contributed by atoms with Gasteiger partial charge < -0.3 is 14.8 Å². The zero-order chi connectivity index (χ0) is 16.8. The SMILES string of the molecule is C=C(C)C[C@@H](c1ccc(OC(C)=O)c(OC)c1)N1CCNCC1. The van der Waals surface area contributed by atoms with Gasteiger partial charge in [0.25, 0.3) is 0 Å². The molecule has 126 valence electrons. The quantitative estimate of drug-likeness (QED) is 0.496. The van der Waals surface area contributed by atoms with E-state index in [1.165, 1.54) is 6.92 Å². The van der Waals surface area contributed by atoms with E-state index in [9.17, 15) is 4.79 Å². The highest BCUT2D eigenvalue weighted by atomic mass is 16.6. The molecule has 0 aromatic heterocycles. The number of benzene rings is 1. The number of esters is 1. The van der Waals surface area contributed by atoms with Crippen LogP contribution in [0.15, 0.2) is 30.4 Å². The van der Waals surface area contributed by atoms with E-state index in [4.69, 9.17) is 9.47 Å². The number of ether oxygens (including phenoxy) is 2. The molecule has 1 aromatic rings. The molecule has 1 aliphatic heterocycles. The third-order valence-corrected chi connectivity index (χ3v) is 3.96. The summed E-state index contributed by atoms with van der Waals surface area (Å²) in [6.45, 7) is 11.5. The molecule has 5 heteroatoms. The Labute approximate surface area is 138 Å². The van der Waals surface area contributed by atoms with Crippen LogP contribution < -0.4 is 14.8 Å². The molecule has 2 rings (SSSR count). The minimum absolute atomic E-state index is 0.259. The summed E-state index contributed by atoms with van der Waals surface area (Å²) in [5.74, 6) is 0.689. The van der Waals surface area contributed by atoms with Gasteiger partial charge in [-0.15, -0.1) is 6.58 Å². The van der Waals surface area contributed by atoms with E-state index in [0.717, 1.165) is 43.7 Å². The first-order valence-electron chi connectivity index (χ1n) is 7.96. The minimum atomic E-state index is -0.350. The Morgan fingerprint density at radius 3 is 2.57 bits per heavy atom. The van der Waals surface area contributed by atoms with Crippen molar-refractivity contribution >= 4 is 5.97 Å². The number of methoxy groups -OCH3 is 1. The van der Waals surface area contributed by atoms with Gasteiger partial charge in [-0.2, -0.15) is 0 Å². The van der Waals surface area contributed by atoms with Gasteiger partial charge in [0.05, 0.1) is 7.11 Å². The van der Waals surface area contributed by atoms with E-state index in [1.807, 2.05) is 18.2 Å². The summed E-state index contributed by atoms with van der Waals surface area (Å²) >= 11 is 0. The molecule has 1 N–H and O–H groups in total. The summed E-state index contributed by atoms with van der Waals surface area (Å²) in [4.78, 5) is 13.7. The molecule has 1 fully saturated rings. The first-order chi connectivity index (χ1) is 11.0. The van der Waals surface area contributed by atoms with Crippen LogP contribution in [0.2, 0.25) is 0 Å².